The van der Waals surface area contributed by atoms with E-state index in [1.807, 2.05) is 0 Å². The molecule has 1 saturated carbocycles. The van der Waals surface area contributed by atoms with Gasteiger partial charge in [-0.2, -0.15) is 0 Å². The summed E-state index contributed by atoms with van der Waals surface area (Å²) in [6.45, 7) is 2.29. The van der Waals surface area contributed by atoms with Gasteiger partial charge in [-0.25, -0.2) is 0 Å². The van der Waals surface area contributed by atoms with E-state index < -0.39 is 0 Å². The molecule has 1 aliphatic carbocycles. The van der Waals surface area contributed by atoms with Crippen LogP contribution in [0.3, 0.4) is 0 Å². The fourth-order valence-electron chi connectivity index (χ4n) is 3.81. The van der Waals surface area contributed by atoms with E-state index in [4.69, 9.17) is 0 Å². The first-order valence-electron chi connectivity index (χ1n) is 10.3. The third kappa shape index (κ3) is 11.3. The topological polar surface area (TPSA) is 17.1 Å². The summed E-state index contributed by atoms with van der Waals surface area (Å²) in [5.74, 6) is 1.25. The molecule has 0 N–H and O–H groups in total. The van der Waals surface area contributed by atoms with Gasteiger partial charge in [0.1, 0.15) is 5.78 Å². The molecule has 0 bridgehead atoms. The zero-order chi connectivity index (χ0) is 15.9. The van der Waals surface area contributed by atoms with Crippen molar-refractivity contribution >= 4 is 5.78 Å². The van der Waals surface area contributed by atoms with Gasteiger partial charge in [-0.1, -0.05) is 96.8 Å². The van der Waals surface area contributed by atoms with Crippen LogP contribution in [0.25, 0.3) is 0 Å². The second-order valence-corrected chi connectivity index (χ2v) is 7.53. The second-order valence-electron chi connectivity index (χ2n) is 7.53. The molecule has 0 amide bonds. The van der Waals surface area contributed by atoms with Crippen molar-refractivity contribution in [2.75, 3.05) is 0 Å². The number of carbonyl (C=O) groups excluding carboxylic acids is 1. The van der Waals surface area contributed by atoms with Crippen LogP contribution < -0.4 is 0 Å². The molecular formula is C21H40O. The van der Waals surface area contributed by atoms with Crippen molar-refractivity contribution < 1.29 is 4.79 Å². The average molecular weight is 309 g/mol. The Bertz CT molecular complexity index is 259. The van der Waals surface area contributed by atoms with Crippen LogP contribution in [0.15, 0.2) is 0 Å². The van der Waals surface area contributed by atoms with Gasteiger partial charge in [0.2, 0.25) is 0 Å². The summed E-state index contributed by atoms with van der Waals surface area (Å²) in [5, 5.41) is 0. The van der Waals surface area contributed by atoms with E-state index in [2.05, 4.69) is 6.92 Å². The number of hydrogen-bond donors (Lipinski definition) is 0. The van der Waals surface area contributed by atoms with Crippen LogP contribution in [-0.2, 0) is 4.79 Å². The Balaban J connectivity index is 1.74. The highest BCUT2D eigenvalue weighted by Crippen LogP contribution is 2.26. The fraction of sp³-hybridized carbons (Fsp3) is 0.952. The van der Waals surface area contributed by atoms with Crippen LogP contribution in [-0.4, -0.2) is 5.78 Å². The first-order valence-corrected chi connectivity index (χ1v) is 10.3. The molecule has 1 fully saturated rings. The maximum absolute atomic E-state index is 11.4. The van der Waals surface area contributed by atoms with Crippen molar-refractivity contribution in [1.82, 2.24) is 0 Å². The Morgan fingerprint density at radius 2 is 1.27 bits per heavy atom. The molecule has 1 rings (SSSR count). The Morgan fingerprint density at radius 3 is 1.77 bits per heavy atom. The second kappa shape index (κ2) is 14.3. The Hall–Kier alpha value is -0.330. The number of hydrogen-bond acceptors (Lipinski definition) is 1. The fourth-order valence-corrected chi connectivity index (χ4v) is 3.81. The largest absolute Gasteiger partial charge is 0.300 e. The first-order chi connectivity index (χ1) is 10.8. The standard InChI is InChI=1S/C21H40O/c1-2-3-4-5-6-7-8-9-10-11-12-13-14-16-20-17-15-18-21(22)19-20/h20H,2-19H2,1H3. The molecule has 0 aromatic rings. The molecule has 0 heterocycles. The quantitative estimate of drug-likeness (QED) is 0.309. The van der Waals surface area contributed by atoms with Gasteiger partial charge in [-0.15, -0.1) is 0 Å². The van der Waals surface area contributed by atoms with E-state index in [0.29, 0.717) is 5.78 Å². The van der Waals surface area contributed by atoms with E-state index in [0.717, 1.165) is 25.2 Å². The smallest absolute Gasteiger partial charge is 0.133 e. The van der Waals surface area contributed by atoms with Crippen LogP contribution in [0.5, 0.6) is 0 Å². The van der Waals surface area contributed by atoms with Gasteiger partial charge in [0, 0.05) is 12.8 Å². The zero-order valence-electron chi connectivity index (χ0n) is 15.2. The molecule has 0 aromatic carbocycles. The lowest BCUT2D eigenvalue weighted by molar-refractivity contribution is -0.121. The SMILES string of the molecule is CCCCCCCCCCCCCCCC1CCCC(=O)C1. The zero-order valence-corrected chi connectivity index (χ0v) is 15.2. The normalized spacial score (nSPS) is 18.8. The summed E-state index contributed by atoms with van der Waals surface area (Å²) in [6.07, 6.45) is 24.1. The number of ketones is 1. The van der Waals surface area contributed by atoms with Gasteiger partial charge in [0.05, 0.1) is 0 Å². The number of unbranched alkanes of at least 4 members (excludes halogenated alkanes) is 12. The van der Waals surface area contributed by atoms with E-state index in [1.165, 1.54) is 96.3 Å². The highest BCUT2D eigenvalue weighted by atomic mass is 16.1. The molecule has 1 aliphatic rings. The predicted octanol–water partition coefficient (Wildman–Crippen LogP) is 7.23. The summed E-state index contributed by atoms with van der Waals surface area (Å²) in [5.41, 5.74) is 0. The Kier molecular flexibility index (Phi) is 12.8. The van der Waals surface area contributed by atoms with Crippen molar-refractivity contribution in [3.05, 3.63) is 0 Å². The van der Waals surface area contributed by atoms with Gasteiger partial charge in [-0.3, -0.25) is 4.79 Å². The van der Waals surface area contributed by atoms with E-state index in [-0.39, 0.29) is 0 Å². The molecule has 130 valence electrons. The average Bonchev–Trinajstić information content (AvgIpc) is 2.52. The van der Waals surface area contributed by atoms with E-state index in [9.17, 15) is 4.79 Å². The van der Waals surface area contributed by atoms with Crippen molar-refractivity contribution in [2.45, 2.75) is 122 Å². The monoisotopic (exact) mass is 308 g/mol. The molecule has 22 heavy (non-hydrogen) atoms. The van der Waals surface area contributed by atoms with Crippen LogP contribution in [0.2, 0.25) is 0 Å². The van der Waals surface area contributed by atoms with Crippen molar-refractivity contribution in [2.24, 2.45) is 5.92 Å². The molecule has 0 spiro atoms. The summed E-state index contributed by atoms with van der Waals surface area (Å²) < 4.78 is 0. The molecule has 1 unspecified atom stereocenters. The minimum atomic E-state index is 0.519. The van der Waals surface area contributed by atoms with Gasteiger partial charge < -0.3 is 0 Å². The number of rotatable bonds is 14. The summed E-state index contributed by atoms with van der Waals surface area (Å²) >= 11 is 0. The lowest BCUT2D eigenvalue weighted by atomic mass is 9.85. The third-order valence-corrected chi connectivity index (χ3v) is 5.30. The maximum atomic E-state index is 11.4. The van der Waals surface area contributed by atoms with Gasteiger partial charge in [0.15, 0.2) is 0 Å². The van der Waals surface area contributed by atoms with Crippen LogP contribution in [0, 0.1) is 5.92 Å². The predicted molar refractivity (Wildman–Crippen MR) is 97.3 cm³/mol. The molecule has 0 aliphatic heterocycles. The number of carbonyl (C=O) groups is 1. The highest BCUT2D eigenvalue weighted by molar-refractivity contribution is 5.79. The van der Waals surface area contributed by atoms with Crippen LogP contribution in [0.4, 0.5) is 0 Å². The van der Waals surface area contributed by atoms with Crippen LogP contribution >= 0.6 is 0 Å². The van der Waals surface area contributed by atoms with Crippen molar-refractivity contribution in [3.8, 4) is 0 Å². The lowest BCUT2D eigenvalue weighted by Crippen LogP contribution is -2.14. The molecule has 1 nitrogen and oxygen atoms in total. The Morgan fingerprint density at radius 1 is 0.773 bits per heavy atom. The third-order valence-electron chi connectivity index (χ3n) is 5.30. The van der Waals surface area contributed by atoms with Crippen molar-refractivity contribution in [3.63, 3.8) is 0 Å². The molecule has 0 aromatic heterocycles. The summed E-state index contributed by atoms with van der Waals surface area (Å²) in [4.78, 5) is 11.4. The van der Waals surface area contributed by atoms with Gasteiger partial charge >= 0.3 is 0 Å². The van der Waals surface area contributed by atoms with Crippen LogP contribution in [0.1, 0.15) is 122 Å². The maximum Gasteiger partial charge on any atom is 0.133 e. The molecule has 0 saturated heterocycles. The molecule has 1 heteroatoms. The molecule has 0 radical (unpaired) electrons. The Labute approximate surface area is 139 Å². The van der Waals surface area contributed by atoms with Crippen molar-refractivity contribution in [1.29, 1.82) is 0 Å². The summed E-state index contributed by atoms with van der Waals surface area (Å²) in [7, 11) is 0. The van der Waals surface area contributed by atoms with E-state index >= 15 is 0 Å². The highest BCUT2D eigenvalue weighted by Gasteiger charge is 2.18. The lowest BCUT2D eigenvalue weighted by Gasteiger charge is -2.20. The summed E-state index contributed by atoms with van der Waals surface area (Å²) in [6, 6.07) is 0. The minimum absolute atomic E-state index is 0.519. The minimum Gasteiger partial charge on any atom is -0.300 e. The van der Waals surface area contributed by atoms with Gasteiger partial charge in [0.25, 0.3) is 0 Å². The molecular weight excluding hydrogens is 268 g/mol. The molecule has 1 atom stereocenters. The van der Waals surface area contributed by atoms with E-state index in [1.54, 1.807) is 0 Å². The first kappa shape index (κ1) is 19.7. The number of Topliss-reactive ketones (excluding diaryl/α,β-unsaturated/α-hetero) is 1. The van der Waals surface area contributed by atoms with Gasteiger partial charge in [-0.05, 0) is 18.8 Å².